The minimum Gasteiger partial charge on any atom is -0.392 e. The van der Waals surface area contributed by atoms with E-state index in [1.165, 1.54) is 6.07 Å². The van der Waals surface area contributed by atoms with Crippen molar-refractivity contribution in [2.24, 2.45) is 0 Å². The molecule has 0 bridgehead atoms. The zero-order valence-electron chi connectivity index (χ0n) is 10.6. The van der Waals surface area contributed by atoms with Crippen LogP contribution in [0.25, 0.3) is 0 Å². The lowest BCUT2D eigenvalue weighted by molar-refractivity contribution is -0.120. The number of benzene rings is 1. The Labute approximate surface area is 110 Å². The molecule has 104 valence electrons. The van der Waals surface area contributed by atoms with Gasteiger partial charge in [-0.2, -0.15) is 0 Å². The number of likely N-dealkylation sites (tertiary alicyclic amines) is 1. The lowest BCUT2D eigenvalue weighted by atomic mass is 10.2. The van der Waals surface area contributed by atoms with Crippen LogP contribution in [-0.4, -0.2) is 41.1 Å². The van der Waals surface area contributed by atoms with Crippen LogP contribution in [0.1, 0.15) is 13.3 Å². The number of hydrogen-bond donors (Lipinski definition) is 2. The summed E-state index contributed by atoms with van der Waals surface area (Å²) in [5.74, 6) is -1.87. The van der Waals surface area contributed by atoms with Gasteiger partial charge in [0.1, 0.15) is 11.6 Å². The number of hydrogen-bond acceptors (Lipinski definition) is 3. The van der Waals surface area contributed by atoms with Gasteiger partial charge in [-0.25, -0.2) is 8.78 Å². The Balaban J connectivity index is 2.00. The molecule has 0 radical (unpaired) electrons. The van der Waals surface area contributed by atoms with E-state index in [0.29, 0.717) is 19.5 Å². The average molecular weight is 270 g/mol. The molecule has 4 nitrogen and oxygen atoms in total. The van der Waals surface area contributed by atoms with Crippen LogP contribution < -0.4 is 5.32 Å². The number of amides is 1. The van der Waals surface area contributed by atoms with Crippen LogP contribution in [0, 0.1) is 11.6 Å². The van der Waals surface area contributed by atoms with Crippen LogP contribution in [0.5, 0.6) is 0 Å². The highest BCUT2D eigenvalue weighted by atomic mass is 19.1. The van der Waals surface area contributed by atoms with Crippen molar-refractivity contribution in [3.05, 3.63) is 29.8 Å². The monoisotopic (exact) mass is 270 g/mol. The van der Waals surface area contributed by atoms with Gasteiger partial charge in [0, 0.05) is 19.2 Å². The van der Waals surface area contributed by atoms with E-state index >= 15 is 0 Å². The number of anilines is 1. The molecule has 1 aliphatic heterocycles. The highest BCUT2D eigenvalue weighted by Crippen LogP contribution is 2.17. The van der Waals surface area contributed by atoms with Crippen molar-refractivity contribution in [1.82, 2.24) is 4.90 Å². The predicted molar refractivity (Wildman–Crippen MR) is 66.6 cm³/mol. The second kappa shape index (κ2) is 5.63. The van der Waals surface area contributed by atoms with Gasteiger partial charge in [-0.15, -0.1) is 0 Å². The van der Waals surface area contributed by atoms with Crippen LogP contribution in [0.4, 0.5) is 14.5 Å². The number of nitrogens with one attached hydrogen (secondary N) is 1. The Morgan fingerprint density at radius 3 is 2.84 bits per heavy atom. The number of carbonyl (C=O) groups excluding carboxylic acids is 1. The summed E-state index contributed by atoms with van der Waals surface area (Å²) in [4.78, 5) is 13.8. The third-order valence-corrected chi connectivity index (χ3v) is 3.31. The van der Waals surface area contributed by atoms with E-state index in [-0.39, 0.29) is 11.6 Å². The van der Waals surface area contributed by atoms with E-state index in [4.69, 9.17) is 0 Å². The van der Waals surface area contributed by atoms with Crippen molar-refractivity contribution >= 4 is 11.6 Å². The first-order chi connectivity index (χ1) is 8.97. The molecule has 1 aliphatic rings. The molecule has 1 saturated heterocycles. The van der Waals surface area contributed by atoms with E-state index in [2.05, 4.69) is 5.32 Å². The Morgan fingerprint density at radius 1 is 1.53 bits per heavy atom. The summed E-state index contributed by atoms with van der Waals surface area (Å²) in [7, 11) is 0. The molecule has 1 fully saturated rings. The van der Waals surface area contributed by atoms with Crippen LogP contribution >= 0.6 is 0 Å². The summed E-state index contributed by atoms with van der Waals surface area (Å²) >= 11 is 0. The first-order valence-electron chi connectivity index (χ1n) is 6.15. The van der Waals surface area contributed by atoms with E-state index in [1.54, 1.807) is 6.92 Å². The van der Waals surface area contributed by atoms with Gasteiger partial charge in [-0.1, -0.05) is 0 Å². The average Bonchev–Trinajstić information content (AvgIpc) is 2.78. The first kappa shape index (κ1) is 13.9. The standard InChI is InChI=1S/C13H16F2N2O2/c1-8(17-5-4-10(18)7-17)13(19)16-12-3-2-9(14)6-11(12)15/h2-3,6,8,10,18H,4-5,7H2,1H3,(H,16,19). The van der Waals surface area contributed by atoms with Crippen LogP contribution in [0.15, 0.2) is 18.2 Å². The number of aliphatic hydroxyl groups is 1. The Bertz CT molecular complexity index is 482. The predicted octanol–water partition coefficient (Wildman–Crippen LogP) is 1.36. The molecule has 0 saturated carbocycles. The van der Waals surface area contributed by atoms with Gasteiger partial charge in [0.15, 0.2) is 0 Å². The fourth-order valence-corrected chi connectivity index (χ4v) is 2.11. The topological polar surface area (TPSA) is 52.6 Å². The first-order valence-corrected chi connectivity index (χ1v) is 6.15. The molecular weight excluding hydrogens is 254 g/mol. The molecule has 0 aromatic heterocycles. The minimum absolute atomic E-state index is 0.0435. The van der Waals surface area contributed by atoms with Crippen LogP contribution in [0.3, 0.4) is 0 Å². The van der Waals surface area contributed by atoms with Gasteiger partial charge >= 0.3 is 0 Å². The normalized spacial score (nSPS) is 21.4. The maximum absolute atomic E-state index is 13.4. The van der Waals surface area contributed by atoms with E-state index in [1.807, 2.05) is 4.90 Å². The molecular formula is C13H16F2N2O2. The highest BCUT2D eigenvalue weighted by Gasteiger charge is 2.28. The lowest BCUT2D eigenvalue weighted by Crippen LogP contribution is -2.41. The van der Waals surface area contributed by atoms with Gasteiger partial charge in [0.05, 0.1) is 17.8 Å². The third-order valence-electron chi connectivity index (χ3n) is 3.31. The number of nitrogens with zero attached hydrogens (tertiary/aromatic N) is 1. The maximum atomic E-state index is 13.4. The molecule has 2 unspecified atom stereocenters. The zero-order valence-corrected chi connectivity index (χ0v) is 10.6. The molecule has 2 atom stereocenters. The molecule has 0 aliphatic carbocycles. The molecule has 0 spiro atoms. The highest BCUT2D eigenvalue weighted by molar-refractivity contribution is 5.94. The molecule has 19 heavy (non-hydrogen) atoms. The van der Waals surface area contributed by atoms with Crippen molar-refractivity contribution in [3.63, 3.8) is 0 Å². The molecule has 1 aromatic rings. The van der Waals surface area contributed by atoms with Crippen molar-refractivity contribution in [1.29, 1.82) is 0 Å². The van der Waals surface area contributed by atoms with Gasteiger partial charge < -0.3 is 10.4 Å². The van der Waals surface area contributed by atoms with E-state index < -0.39 is 23.8 Å². The Morgan fingerprint density at radius 2 is 2.26 bits per heavy atom. The zero-order chi connectivity index (χ0) is 14.0. The fourth-order valence-electron chi connectivity index (χ4n) is 2.11. The van der Waals surface area contributed by atoms with Gasteiger partial charge in [-0.05, 0) is 25.5 Å². The van der Waals surface area contributed by atoms with E-state index in [0.717, 1.165) is 12.1 Å². The molecule has 1 heterocycles. The van der Waals surface area contributed by atoms with Gasteiger partial charge in [0.25, 0.3) is 0 Å². The summed E-state index contributed by atoms with van der Waals surface area (Å²) in [6.07, 6.45) is 0.209. The molecule has 1 aromatic carbocycles. The van der Waals surface area contributed by atoms with Crippen molar-refractivity contribution in [2.75, 3.05) is 18.4 Å². The van der Waals surface area contributed by atoms with Crippen LogP contribution in [-0.2, 0) is 4.79 Å². The van der Waals surface area contributed by atoms with Gasteiger partial charge in [-0.3, -0.25) is 9.69 Å². The lowest BCUT2D eigenvalue weighted by Gasteiger charge is -2.22. The summed E-state index contributed by atoms with van der Waals surface area (Å²) in [6.45, 7) is 2.75. The number of carbonyl (C=O) groups is 1. The summed E-state index contributed by atoms with van der Waals surface area (Å²) < 4.78 is 26.1. The Hall–Kier alpha value is -1.53. The second-order valence-electron chi connectivity index (χ2n) is 4.73. The largest absolute Gasteiger partial charge is 0.392 e. The maximum Gasteiger partial charge on any atom is 0.241 e. The minimum atomic E-state index is -0.804. The van der Waals surface area contributed by atoms with Crippen LogP contribution in [0.2, 0.25) is 0 Å². The number of aliphatic hydroxyl groups excluding tert-OH is 1. The van der Waals surface area contributed by atoms with Crippen molar-refractivity contribution < 1.29 is 18.7 Å². The van der Waals surface area contributed by atoms with E-state index in [9.17, 15) is 18.7 Å². The quantitative estimate of drug-likeness (QED) is 0.872. The van der Waals surface area contributed by atoms with Crippen molar-refractivity contribution in [2.45, 2.75) is 25.5 Å². The SMILES string of the molecule is CC(C(=O)Nc1ccc(F)cc1F)N1CCC(O)C1. The van der Waals surface area contributed by atoms with Gasteiger partial charge in [0.2, 0.25) is 5.91 Å². The Kier molecular flexibility index (Phi) is 4.11. The smallest absolute Gasteiger partial charge is 0.241 e. The third kappa shape index (κ3) is 3.27. The number of β-amino-alcohol motifs (C(OH)–C–C–N with tert-alkyl or cyclic N) is 1. The summed E-state index contributed by atoms with van der Waals surface area (Å²) in [5.41, 5.74) is -0.0435. The molecule has 2 rings (SSSR count). The molecule has 6 heteroatoms. The number of halogens is 2. The molecule has 2 N–H and O–H groups in total. The number of rotatable bonds is 3. The summed E-state index contributed by atoms with van der Waals surface area (Å²) in [6, 6.07) is 2.53. The second-order valence-corrected chi connectivity index (χ2v) is 4.73. The molecule has 1 amide bonds. The summed E-state index contributed by atoms with van der Waals surface area (Å²) in [5, 5.41) is 11.8. The fraction of sp³-hybridized carbons (Fsp3) is 0.462. The van der Waals surface area contributed by atoms with Crippen molar-refractivity contribution in [3.8, 4) is 0 Å².